The molecule has 148 valence electrons. The zero-order valence-electron chi connectivity index (χ0n) is 17.9. The van der Waals surface area contributed by atoms with Gasteiger partial charge in [0.15, 0.2) is 11.7 Å². The van der Waals surface area contributed by atoms with Gasteiger partial charge in [-0.25, -0.2) is 0 Å². The fourth-order valence-corrected chi connectivity index (χ4v) is 3.61. The lowest BCUT2D eigenvalue weighted by Crippen LogP contribution is -2.34. The van der Waals surface area contributed by atoms with Gasteiger partial charge in [0, 0.05) is 11.4 Å². The van der Waals surface area contributed by atoms with Crippen LogP contribution < -0.4 is 10.6 Å². The highest BCUT2D eigenvalue weighted by atomic mass is 15.1. The number of amidine groups is 2. The van der Waals surface area contributed by atoms with Gasteiger partial charge in [0.1, 0.15) is 0 Å². The van der Waals surface area contributed by atoms with E-state index in [0.717, 1.165) is 17.4 Å². The first-order valence-electron chi connectivity index (χ1n) is 10.2. The Labute approximate surface area is 169 Å². The maximum Gasteiger partial charge on any atom is 0.169 e. The van der Waals surface area contributed by atoms with E-state index in [1.165, 1.54) is 27.9 Å². The molecular weight excluding hydrogens is 344 g/mol. The maximum absolute atomic E-state index is 4.77. The minimum atomic E-state index is 0.428. The molecule has 3 rings (SSSR count). The Bertz CT molecular complexity index is 860. The van der Waals surface area contributed by atoms with Crippen molar-refractivity contribution in [3.05, 3.63) is 58.7 Å². The van der Waals surface area contributed by atoms with Crippen molar-refractivity contribution in [2.45, 2.75) is 53.4 Å². The maximum atomic E-state index is 4.77. The summed E-state index contributed by atoms with van der Waals surface area (Å²) in [6.45, 7) is 14.6. The molecule has 0 saturated heterocycles. The van der Waals surface area contributed by atoms with Gasteiger partial charge in [-0.15, -0.1) is 0 Å². The largest absolute Gasteiger partial charge is 0.337 e. The van der Waals surface area contributed by atoms with Crippen LogP contribution in [0.25, 0.3) is 0 Å². The Balaban J connectivity index is 1.96. The number of para-hydroxylation sites is 2. The summed E-state index contributed by atoms with van der Waals surface area (Å²) < 4.78 is 0. The lowest BCUT2D eigenvalue weighted by Gasteiger charge is -2.24. The van der Waals surface area contributed by atoms with Gasteiger partial charge in [-0.2, -0.15) is 0 Å². The summed E-state index contributed by atoms with van der Waals surface area (Å²) in [7, 11) is 0. The normalized spacial score (nSPS) is 14.1. The van der Waals surface area contributed by atoms with Gasteiger partial charge in [-0.3, -0.25) is 9.98 Å². The van der Waals surface area contributed by atoms with Crippen LogP contribution in [0.5, 0.6) is 0 Å². The summed E-state index contributed by atoms with van der Waals surface area (Å²) in [5, 5.41) is 7.19. The van der Waals surface area contributed by atoms with Crippen LogP contribution in [0.15, 0.2) is 46.4 Å². The van der Waals surface area contributed by atoms with Crippen LogP contribution in [0, 0.1) is 13.8 Å². The molecule has 1 heterocycles. The lowest BCUT2D eigenvalue weighted by atomic mass is 9.92. The molecule has 4 nitrogen and oxygen atoms in total. The molecule has 4 heteroatoms. The Morgan fingerprint density at radius 1 is 0.679 bits per heavy atom. The third kappa shape index (κ3) is 4.27. The van der Waals surface area contributed by atoms with Crippen molar-refractivity contribution >= 4 is 23.0 Å². The van der Waals surface area contributed by atoms with E-state index in [-0.39, 0.29) is 0 Å². The van der Waals surface area contributed by atoms with E-state index >= 15 is 0 Å². The Morgan fingerprint density at radius 2 is 1.11 bits per heavy atom. The van der Waals surface area contributed by atoms with Gasteiger partial charge >= 0.3 is 0 Å². The van der Waals surface area contributed by atoms with Gasteiger partial charge in [0.05, 0.1) is 13.1 Å². The molecule has 0 fully saturated rings. The van der Waals surface area contributed by atoms with E-state index < -0.39 is 0 Å². The third-order valence-corrected chi connectivity index (χ3v) is 5.21. The van der Waals surface area contributed by atoms with E-state index in [1.807, 2.05) is 0 Å². The second-order valence-corrected chi connectivity index (χ2v) is 8.10. The fourth-order valence-electron chi connectivity index (χ4n) is 3.61. The molecule has 0 saturated carbocycles. The Kier molecular flexibility index (Phi) is 6.18. The first kappa shape index (κ1) is 20.1. The highest BCUT2D eigenvalue weighted by Gasteiger charge is 2.20. The molecule has 0 atom stereocenters. The molecule has 28 heavy (non-hydrogen) atoms. The topological polar surface area (TPSA) is 48.8 Å². The number of benzene rings is 2. The van der Waals surface area contributed by atoms with E-state index in [2.05, 4.69) is 88.6 Å². The summed E-state index contributed by atoms with van der Waals surface area (Å²) in [5.74, 6) is 2.50. The van der Waals surface area contributed by atoms with Crippen molar-refractivity contribution in [3.63, 3.8) is 0 Å². The van der Waals surface area contributed by atoms with Crippen molar-refractivity contribution in [1.29, 1.82) is 0 Å². The van der Waals surface area contributed by atoms with Crippen molar-refractivity contribution in [3.8, 4) is 0 Å². The number of aliphatic imine (C=N–C) groups is 2. The number of hydrogen-bond acceptors (Lipinski definition) is 4. The lowest BCUT2D eigenvalue weighted by molar-refractivity contribution is 0.838. The van der Waals surface area contributed by atoms with E-state index in [9.17, 15) is 0 Å². The van der Waals surface area contributed by atoms with Crippen LogP contribution in [-0.4, -0.2) is 24.8 Å². The van der Waals surface area contributed by atoms with Crippen LogP contribution in [0.1, 0.15) is 61.8 Å². The van der Waals surface area contributed by atoms with Gasteiger partial charge in [0.2, 0.25) is 0 Å². The zero-order chi connectivity index (χ0) is 20.3. The van der Waals surface area contributed by atoms with Crippen LogP contribution >= 0.6 is 0 Å². The van der Waals surface area contributed by atoms with E-state index in [0.29, 0.717) is 24.9 Å². The summed E-state index contributed by atoms with van der Waals surface area (Å²) in [5.41, 5.74) is 7.32. The molecule has 0 unspecified atom stereocenters. The number of nitrogens with one attached hydrogen (secondary N) is 2. The van der Waals surface area contributed by atoms with Crippen LogP contribution in [0.4, 0.5) is 11.4 Å². The van der Waals surface area contributed by atoms with E-state index in [1.54, 1.807) is 0 Å². The predicted octanol–water partition coefficient (Wildman–Crippen LogP) is 5.88. The summed E-state index contributed by atoms with van der Waals surface area (Å²) in [4.78, 5) is 9.52. The highest BCUT2D eigenvalue weighted by molar-refractivity contribution is 6.49. The Morgan fingerprint density at radius 3 is 1.57 bits per heavy atom. The molecule has 1 aliphatic heterocycles. The van der Waals surface area contributed by atoms with Crippen molar-refractivity contribution < 1.29 is 0 Å². The third-order valence-electron chi connectivity index (χ3n) is 5.21. The van der Waals surface area contributed by atoms with Gasteiger partial charge in [-0.05, 0) is 47.9 Å². The first-order chi connectivity index (χ1) is 13.4. The fraction of sp³-hybridized carbons (Fsp3) is 0.417. The summed E-state index contributed by atoms with van der Waals surface area (Å²) in [6, 6.07) is 12.9. The number of rotatable bonds is 4. The number of hydrogen-bond donors (Lipinski definition) is 2. The molecule has 0 radical (unpaired) electrons. The number of nitrogens with zero attached hydrogens (tertiary/aromatic N) is 2. The monoisotopic (exact) mass is 376 g/mol. The quantitative estimate of drug-likeness (QED) is 0.699. The predicted molar refractivity (Wildman–Crippen MR) is 122 cm³/mol. The molecule has 2 aromatic rings. The molecule has 0 spiro atoms. The molecule has 0 aliphatic carbocycles. The molecule has 0 bridgehead atoms. The summed E-state index contributed by atoms with van der Waals surface area (Å²) in [6.07, 6.45) is 0. The van der Waals surface area contributed by atoms with Gasteiger partial charge in [-0.1, -0.05) is 64.1 Å². The average Bonchev–Trinajstić information content (AvgIpc) is 2.66. The highest BCUT2D eigenvalue weighted by Crippen LogP contribution is 2.32. The molecular formula is C24H32N4. The first-order valence-corrected chi connectivity index (χ1v) is 10.2. The SMILES string of the molecule is Cc1cccc(C)c1NC1=NCCN=C1Nc1c(C(C)C)cccc1C(C)C. The molecule has 0 amide bonds. The second kappa shape index (κ2) is 8.59. The van der Waals surface area contributed by atoms with Crippen LogP contribution in [-0.2, 0) is 0 Å². The molecule has 0 aromatic heterocycles. The molecule has 2 N–H and O–H groups in total. The van der Waals surface area contributed by atoms with Crippen molar-refractivity contribution in [1.82, 2.24) is 0 Å². The minimum absolute atomic E-state index is 0.428. The van der Waals surface area contributed by atoms with Crippen molar-refractivity contribution in [2.24, 2.45) is 9.98 Å². The smallest absolute Gasteiger partial charge is 0.169 e. The van der Waals surface area contributed by atoms with E-state index in [4.69, 9.17) is 9.98 Å². The van der Waals surface area contributed by atoms with Crippen LogP contribution in [0.2, 0.25) is 0 Å². The number of aryl methyl sites for hydroxylation is 2. The molecule has 2 aromatic carbocycles. The number of anilines is 2. The Hall–Kier alpha value is -2.62. The summed E-state index contributed by atoms with van der Waals surface area (Å²) >= 11 is 0. The average molecular weight is 377 g/mol. The van der Waals surface area contributed by atoms with Gasteiger partial charge < -0.3 is 10.6 Å². The second-order valence-electron chi connectivity index (χ2n) is 8.10. The van der Waals surface area contributed by atoms with Crippen molar-refractivity contribution in [2.75, 3.05) is 23.7 Å². The zero-order valence-corrected chi connectivity index (χ0v) is 17.9. The standard InChI is InChI=1S/C24H32N4/c1-15(2)19-11-8-12-20(16(3)4)22(19)28-24-23(25-13-14-26-24)27-21-17(5)9-7-10-18(21)6/h7-12,15-16H,13-14H2,1-6H3,(H,25,27)(H,26,28). The molecule has 1 aliphatic rings. The van der Waals surface area contributed by atoms with Gasteiger partial charge in [0.25, 0.3) is 0 Å². The minimum Gasteiger partial charge on any atom is -0.337 e. The van der Waals surface area contributed by atoms with Crippen LogP contribution in [0.3, 0.4) is 0 Å².